The van der Waals surface area contributed by atoms with E-state index in [9.17, 15) is 0 Å². The topological polar surface area (TPSA) is 38.2 Å². The van der Waals surface area contributed by atoms with Gasteiger partial charge in [-0.25, -0.2) is 0 Å². The number of hydrogen-bond acceptors (Lipinski definition) is 4. The van der Waals surface area contributed by atoms with E-state index in [2.05, 4.69) is 81.2 Å². The summed E-state index contributed by atoms with van der Waals surface area (Å²) in [7, 11) is 2.12. The van der Waals surface area contributed by atoms with Crippen molar-refractivity contribution < 1.29 is 4.74 Å². The molecule has 0 saturated heterocycles. The van der Waals surface area contributed by atoms with Gasteiger partial charge in [0.05, 0.1) is 12.6 Å². The van der Waals surface area contributed by atoms with Crippen LogP contribution in [-0.4, -0.2) is 23.9 Å². The van der Waals surface area contributed by atoms with E-state index in [1.807, 2.05) is 12.1 Å². The van der Waals surface area contributed by atoms with Gasteiger partial charge in [0.15, 0.2) is 5.82 Å². The summed E-state index contributed by atoms with van der Waals surface area (Å²) in [6, 6.07) is 21.4. The first-order valence-electron chi connectivity index (χ1n) is 10.8. The summed E-state index contributed by atoms with van der Waals surface area (Å²) in [6.45, 7) is 7.16. The molecule has 2 heterocycles. The van der Waals surface area contributed by atoms with E-state index in [0.29, 0.717) is 6.61 Å². The van der Waals surface area contributed by atoms with Crippen molar-refractivity contribution in [3.05, 3.63) is 82.9 Å². The van der Waals surface area contributed by atoms with E-state index in [1.54, 1.807) is 0 Å². The van der Waals surface area contributed by atoms with E-state index >= 15 is 0 Å². The first-order valence-corrected chi connectivity index (χ1v) is 10.8. The molecule has 156 valence electrons. The number of anilines is 1. The summed E-state index contributed by atoms with van der Waals surface area (Å²) in [5, 5.41) is 11.8. The predicted octanol–water partition coefficient (Wildman–Crippen LogP) is 6.18. The van der Waals surface area contributed by atoms with Gasteiger partial charge >= 0.3 is 0 Å². The Hall–Kier alpha value is -3.40. The van der Waals surface area contributed by atoms with Gasteiger partial charge in [-0.15, -0.1) is 10.2 Å². The predicted molar refractivity (Wildman–Crippen MR) is 127 cm³/mol. The standard InChI is InChI=1S/C27H27N3O/c1-17-15-18(2)25(19(3)16-17)26-20-9-5-6-10-21(20)27(29-28-26)30(4)23-13-14-31-24-12-8-7-11-22(23)24/h5-12,15-16,23H,13-14H2,1-4H3. The van der Waals surface area contributed by atoms with Crippen LogP contribution in [0.5, 0.6) is 5.75 Å². The Morgan fingerprint density at radius 3 is 2.32 bits per heavy atom. The molecule has 5 rings (SSSR count). The van der Waals surface area contributed by atoms with Crippen LogP contribution in [0.15, 0.2) is 60.7 Å². The van der Waals surface area contributed by atoms with Crippen LogP contribution in [0.2, 0.25) is 0 Å². The zero-order valence-electron chi connectivity index (χ0n) is 18.5. The minimum Gasteiger partial charge on any atom is -0.493 e. The van der Waals surface area contributed by atoms with Crippen molar-refractivity contribution >= 4 is 16.6 Å². The maximum absolute atomic E-state index is 5.88. The number of nitrogens with zero attached hydrogens (tertiary/aromatic N) is 3. The molecule has 1 unspecified atom stereocenters. The largest absolute Gasteiger partial charge is 0.493 e. The van der Waals surface area contributed by atoms with Crippen molar-refractivity contribution in [1.29, 1.82) is 0 Å². The SMILES string of the molecule is Cc1cc(C)c(-c2nnc(N(C)C3CCOc4ccccc43)c3ccccc23)c(C)c1. The van der Waals surface area contributed by atoms with Gasteiger partial charge in [-0.05, 0) is 38.0 Å². The molecule has 1 aliphatic rings. The van der Waals surface area contributed by atoms with Crippen molar-refractivity contribution in [2.45, 2.75) is 33.2 Å². The van der Waals surface area contributed by atoms with E-state index in [0.717, 1.165) is 34.5 Å². The lowest BCUT2D eigenvalue weighted by Gasteiger charge is -2.34. The molecule has 4 heteroatoms. The van der Waals surface area contributed by atoms with Crippen molar-refractivity contribution in [2.24, 2.45) is 0 Å². The number of hydrogen-bond donors (Lipinski definition) is 0. The summed E-state index contributed by atoms with van der Waals surface area (Å²) in [5.74, 6) is 1.87. The molecule has 0 spiro atoms. The van der Waals surface area contributed by atoms with Crippen molar-refractivity contribution in [2.75, 3.05) is 18.6 Å². The van der Waals surface area contributed by atoms with Crippen LogP contribution in [0, 0.1) is 20.8 Å². The van der Waals surface area contributed by atoms with Crippen LogP contribution in [0.25, 0.3) is 22.0 Å². The van der Waals surface area contributed by atoms with Crippen LogP contribution in [0.1, 0.15) is 34.7 Å². The van der Waals surface area contributed by atoms with Crippen LogP contribution in [0.4, 0.5) is 5.82 Å². The second kappa shape index (κ2) is 7.69. The lowest BCUT2D eigenvalue weighted by atomic mass is 9.94. The van der Waals surface area contributed by atoms with Gasteiger partial charge in [-0.2, -0.15) is 0 Å². The number of fused-ring (bicyclic) bond motifs is 2. The molecule has 0 N–H and O–H groups in total. The summed E-state index contributed by atoms with van der Waals surface area (Å²) in [5.41, 5.74) is 7.07. The van der Waals surface area contributed by atoms with Crippen molar-refractivity contribution in [1.82, 2.24) is 10.2 Å². The molecule has 1 atom stereocenters. The van der Waals surface area contributed by atoms with Gasteiger partial charge < -0.3 is 9.64 Å². The highest BCUT2D eigenvalue weighted by Gasteiger charge is 2.27. The van der Waals surface area contributed by atoms with Gasteiger partial charge in [-0.1, -0.05) is 60.2 Å². The molecule has 4 nitrogen and oxygen atoms in total. The van der Waals surface area contributed by atoms with Crippen LogP contribution >= 0.6 is 0 Å². The maximum Gasteiger partial charge on any atom is 0.159 e. The van der Waals surface area contributed by atoms with Gasteiger partial charge in [0.2, 0.25) is 0 Å². The fourth-order valence-corrected chi connectivity index (χ4v) is 4.96. The summed E-state index contributed by atoms with van der Waals surface area (Å²) < 4.78 is 5.88. The molecule has 0 bridgehead atoms. The first kappa shape index (κ1) is 19.6. The third-order valence-electron chi connectivity index (χ3n) is 6.31. The number of ether oxygens (including phenoxy) is 1. The second-order valence-corrected chi connectivity index (χ2v) is 8.49. The zero-order valence-corrected chi connectivity index (χ0v) is 18.5. The Bertz CT molecular complexity index is 1260. The molecular formula is C27H27N3O. The molecule has 4 aromatic rings. The van der Waals surface area contributed by atoms with Crippen LogP contribution < -0.4 is 9.64 Å². The number of benzene rings is 3. The highest BCUT2D eigenvalue weighted by Crippen LogP contribution is 2.40. The van der Waals surface area contributed by atoms with Crippen molar-refractivity contribution in [3.8, 4) is 17.0 Å². The number of aromatic nitrogens is 2. The fourth-order valence-electron chi connectivity index (χ4n) is 4.96. The monoisotopic (exact) mass is 409 g/mol. The molecule has 0 fully saturated rings. The smallest absolute Gasteiger partial charge is 0.159 e. The van der Waals surface area contributed by atoms with E-state index in [-0.39, 0.29) is 6.04 Å². The molecule has 31 heavy (non-hydrogen) atoms. The van der Waals surface area contributed by atoms with E-state index in [1.165, 1.54) is 27.8 Å². The number of aryl methyl sites for hydroxylation is 3. The summed E-state index contributed by atoms with van der Waals surface area (Å²) >= 11 is 0. The Morgan fingerprint density at radius 1 is 0.871 bits per heavy atom. The lowest BCUT2D eigenvalue weighted by molar-refractivity contribution is 0.266. The van der Waals surface area contributed by atoms with Crippen LogP contribution in [0.3, 0.4) is 0 Å². The van der Waals surface area contributed by atoms with E-state index in [4.69, 9.17) is 14.9 Å². The van der Waals surface area contributed by atoms with Crippen LogP contribution in [-0.2, 0) is 0 Å². The van der Waals surface area contributed by atoms with Gasteiger partial charge in [0.1, 0.15) is 11.4 Å². The first-order chi connectivity index (χ1) is 15.0. The average molecular weight is 410 g/mol. The Labute approximate surface area is 183 Å². The molecule has 0 amide bonds. The fraction of sp³-hybridized carbons (Fsp3) is 0.259. The third kappa shape index (κ3) is 3.32. The summed E-state index contributed by atoms with van der Waals surface area (Å²) in [4.78, 5) is 2.26. The Morgan fingerprint density at radius 2 is 1.55 bits per heavy atom. The highest BCUT2D eigenvalue weighted by molar-refractivity contribution is 6.01. The van der Waals surface area contributed by atoms with Crippen molar-refractivity contribution in [3.63, 3.8) is 0 Å². The third-order valence-corrected chi connectivity index (χ3v) is 6.31. The average Bonchev–Trinajstić information content (AvgIpc) is 2.77. The van der Waals surface area contributed by atoms with Gasteiger partial charge in [0.25, 0.3) is 0 Å². The molecule has 0 saturated carbocycles. The highest BCUT2D eigenvalue weighted by atomic mass is 16.5. The number of rotatable bonds is 3. The Kier molecular flexibility index (Phi) is 4.85. The molecular weight excluding hydrogens is 382 g/mol. The van der Waals surface area contributed by atoms with E-state index < -0.39 is 0 Å². The van der Waals surface area contributed by atoms with Gasteiger partial charge in [0, 0.05) is 35.4 Å². The summed E-state index contributed by atoms with van der Waals surface area (Å²) in [6.07, 6.45) is 0.918. The number of para-hydroxylation sites is 1. The minimum absolute atomic E-state index is 0.205. The zero-order chi connectivity index (χ0) is 21.5. The van der Waals surface area contributed by atoms with Gasteiger partial charge in [-0.3, -0.25) is 0 Å². The Balaban J connectivity index is 1.66. The minimum atomic E-state index is 0.205. The lowest BCUT2D eigenvalue weighted by Crippen LogP contribution is -2.30. The molecule has 3 aromatic carbocycles. The molecule has 1 aromatic heterocycles. The quantitative estimate of drug-likeness (QED) is 0.405. The molecule has 0 aliphatic carbocycles. The maximum atomic E-state index is 5.88. The normalized spacial score (nSPS) is 15.4. The second-order valence-electron chi connectivity index (χ2n) is 8.49. The molecule has 1 aliphatic heterocycles. The molecule has 0 radical (unpaired) electrons.